The Morgan fingerprint density at radius 2 is 1.62 bits per heavy atom. The summed E-state index contributed by atoms with van der Waals surface area (Å²) >= 11 is 21.3. The average molecular weight is 938 g/mol. The molecule has 3 heterocycles. The number of fused-ring (bicyclic) bond motifs is 4. The number of hydrogen-bond acceptors (Lipinski definition) is 8. The van der Waals surface area contributed by atoms with E-state index in [1.165, 1.54) is 24.1 Å². The van der Waals surface area contributed by atoms with Crippen LogP contribution in [0.2, 0.25) is 15.1 Å². The summed E-state index contributed by atoms with van der Waals surface area (Å²) in [6.07, 6.45) is -2.35. The number of rotatable bonds is 6. The van der Waals surface area contributed by atoms with Crippen LogP contribution in [0.5, 0.6) is 11.5 Å². The lowest BCUT2D eigenvalue weighted by Crippen LogP contribution is -2.53. The second kappa shape index (κ2) is 13.9. The lowest BCUT2D eigenvalue weighted by atomic mass is 9.49. The number of amides is 4. The summed E-state index contributed by atoms with van der Waals surface area (Å²) in [5, 5.41) is 11.2. The standard InChI is InChI=1S/C39H27Cl3F3IN4O6/c1-56-29-13-17(12-27(41)32(29)51)31-23-10-11-24-30(36(54)49(34(24)52)22-8-6-21(46)7-9-22)25(23)15-26-35(53)50(37(55)38(26,31)18-2-4-20(40)5-3-18)48-33-28(42)14-19(16-47-33)39(43,44)45/h2-10,12-14,16,24-26,30-31,51H,11,15H2,1H3,(H,47,48)/t24-,25+,26-,30-,31-,38+/m0/s1. The molecule has 17 heteroatoms. The zero-order chi connectivity index (χ0) is 40.0. The first-order chi connectivity index (χ1) is 26.6. The van der Waals surface area contributed by atoms with E-state index >= 15 is 4.79 Å². The summed E-state index contributed by atoms with van der Waals surface area (Å²) in [5.41, 5.74) is 1.33. The van der Waals surface area contributed by atoms with E-state index in [1.54, 1.807) is 48.5 Å². The van der Waals surface area contributed by atoms with E-state index in [0.29, 0.717) is 44.7 Å². The smallest absolute Gasteiger partial charge is 0.417 e. The number of halogens is 7. The molecule has 2 saturated heterocycles. The number of phenolic OH excluding ortho intramolecular Hbond substituents is 1. The molecule has 3 aromatic carbocycles. The number of hydrogen-bond donors (Lipinski definition) is 2. The van der Waals surface area contributed by atoms with Gasteiger partial charge in [-0.2, -0.15) is 18.2 Å². The molecule has 1 saturated carbocycles. The normalized spacial score (nSPS) is 25.9. The molecule has 2 N–H and O–H groups in total. The maximum absolute atomic E-state index is 15.4. The number of methoxy groups -OCH3 is 1. The van der Waals surface area contributed by atoms with Crippen molar-refractivity contribution in [2.75, 3.05) is 17.4 Å². The van der Waals surface area contributed by atoms with Crippen molar-refractivity contribution >= 4 is 92.5 Å². The molecule has 0 unspecified atom stereocenters. The Morgan fingerprint density at radius 3 is 2.27 bits per heavy atom. The Hall–Kier alpha value is -4.38. The molecule has 288 valence electrons. The third-order valence-electron chi connectivity index (χ3n) is 11.2. The third kappa shape index (κ3) is 5.85. The zero-order valence-electron chi connectivity index (χ0n) is 28.8. The number of nitrogens with one attached hydrogen (secondary N) is 1. The first-order valence-electron chi connectivity index (χ1n) is 17.1. The number of benzene rings is 3. The van der Waals surface area contributed by atoms with E-state index in [4.69, 9.17) is 39.5 Å². The minimum atomic E-state index is -4.77. The van der Waals surface area contributed by atoms with E-state index in [0.717, 1.165) is 3.57 Å². The van der Waals surface area contributed by atoms with Gasteiger partial charge in [0.05, 0.1) is 51.6 Å². The van der Waals surface area contributed by atoms with Crippen LogP contribution in [0.25, 0.3) is 0 Å². The summed E-state index contributed by atoms with van der Waals surface area (Å²) < 4.78 is 46.9. The van der Waals surface area contributed by atoms with Gasteiger partial charge in [-0.15, -0.1) is 0 Å². The van der Waals surface area contributed by atoms with Crippen LogP contribution in [0.3, 0.4) is 0 Å². The fourth-order valence-corrected chi connectivity index (χ4v) is 9.83. The molecular formula is C39H27Cl3F3IN4O6. The van der Waals surface area contributed by atoms with Crippen LogP contribution in [0.15, 0.2) is 84.6 Å². The van der Waals surface area contributed by atoms with Crippen molar-refractivity contribution in [2.24, 2.45) is 23.7 Å². The molecule has 1 aromatic heterocycles. The van der Waals surface area contributed by atoms with Crippen molar-refractivity contribution in [1.82, 2.24) is 9.99 Å². The number of anilines is 2. The highest BCUT2D eigenvalue weighted by molar-refractivity contribution is 14.1. The molecule has 4 amide bonds. The number of pyridine rings is 1. The van der Waals surface area contributed by atoms with E-state index < -0.39 is 81.2 Å². The highest BCUT2D eigenvalue weighted by Crippen LogP contribution is 2.65. The van der Waals surface area contributed by atoms with Gasteiger partial charge in [0.1, 0.15) is 0 Å². The predicted molar refractivity (Wildman–Crippen MR) is 208 cm³/mol. The Bertz CT molecular complexity index is 2380. The minimum absolute atomic E-state index is 0.0313. The number of hydrazine groups is 1. The largest absolute Gasteiger partial charge is 0.503 e. The van der Waals surface area contributed by atoms with Crippen LogP contribution in [0.1, 0.15) is 35.4 Å². The number of carbonyl (C=O) groups excluding carboxylic acids is 4. The molecule has 3 fully saturated rings. The molecule has 4 aromatic rings. The zero-order valence-corrected chi connectivity index (χ0v) is 33.2. The number of carbonyl (C=O) groups is 4. The van der Waals surface area contributed by atoms with Crippen LogP contribution in [0.4, 0.5) is 24.7 Å². The monoisotopic (exact) mass is 936 g/mol. The van der Waals surface area contributed by atoms with Crippen LogP contribution < -0.4 is 15.1 Å². The van der Waals surface area contributed by atoms with Crippen molar-refractivity contribution < 1.29 is 42.2 Å². The van der Waals surface area contributed by atoms with Gasteiger partial charge in [0, 0.05) is 20.7 Å². The lowest BCUT2D eigenvalue weighted by molar-refractivity contribution is -0.139. The topological polar surface area (TPSA) is 129 Å². The van der Waals surface area contributed by atoms with Gasteiger partial charge in [-0.1, -0.05) is 58.6 Å². The van der Waals surface area contributed by atoms with Crippen molar-refractivity contribution in [3.63, 3.8) is 0 Å². The van der Waals surface area contributed by atoms with Gasteiger partial charge in [0.25, 0.3) is 11.8 Å². The highest BCUT2D eigenvalue weighted by atomic mass is 127. The summed E-state index contributed by atoms with van der Waals surface area (Å²) in [5.74, 6) is -7.98. The molecule has 56 heavy (non-hydrogen) atoms. The fraction of sp³-hybridized carbons (Fsp3) is 0.256. The number of allylic oxidation sites excluding steroid dienone is 2. The summed E-state index contributed by atoms with van der Waals surface area (Å²) in [7, 11) is 1.32. The van der Waals surface area contributed by atoms with Gasteiger partial charge >= 0.3 is 6.18 Å². The predicted octanol–water partition coefficient (Wildman–Crippen LogP) is 8.57. The number of ether oxygens (including phenoxy) is 1. The van der Waals surface area contributed by atoms with Gasteiger partial charge in [-0.25, -0.2) is 4.98 Å². The molecule has 6 atom stereocenters. The average Bonchev–Trinajstić information content (AvgIpc) is 3.54. The molecule has 10 nitrogen and oxygen atoms in total. The van der Waals surface area contributed by atoms with Crippen molar-refractivity contribution in [3.05, 3.63) is 120 Å². The van der Waals surface area contributed by atoms with Crippen LogP contribution in [0, 0.1) is 27.2 Å². The van der Waals surface area contributed by atoms with Crippen molar-refractivity contribution in [2.45, 2.75) is 30.4 Å². The van der Waals surface area contributed by atoms with Crippen LogP contribution in [-0.2, 0) is 30.8 Å². The van der Waals surface area contributed by atoms with Crippen LogP contribution in [-0.4, -0.2) is 45.8 Å². The van der Waals surface area contributed by atoms with Gasteiger partial charge in [0.15, 0.2) is 17.3 Å². The maximum Gasteiger partial charge on any atom is 0.417 e. The van der Waals surface area contributed by atoms with E-state index in [1.807, 2.05) is 6.08 Å². The Labute approximate surface area is 345 Å². The Balaban J connectivity index is 1.33. The fourth-order valence-electron chi connectivity index (χ4n) is 8.92. The molecule has 2 aliphatic carbocycles. The van der Waals surface area contributed by atoms with E-state index in [2.05, 4.69) is 33.0 Å². The first-order valence-corrected chi connectivity index (χ1v) is 19.3. The minimum Gasteiger partial charge on any atom is -0.503 e. The number of aromatic hydroxyl groups is 1. The SMILES string of the molecule is COc1cc([C@H]2C3=CC[C@@H]4C(=O)N(c5ccc(I)cc5)C(=O)[C@@H]4[C@@H]3C[C@H]3C(=O)N(Nc4ncc(C(F)(F)F)cc4Cl)C(=O)[C@@]23c2ccc(Cl)cc2)cc(Cl)c1O. The number of alkyl halides is 3. The number of nitrogens with zero attached hydrogens (tertiary/aromatic N) is 3. The summed E-state index contributed by atoms with van der Waals surface area (Å²) in [4.78, 5) is 63.8. The van der Waals surface area contributed by atoms with Gasteiger partial charge < -0.3 is 9.84 Å². The molecule has 8 rings (SSSR count). The lowest BCUT2D eigenvalue weighted by Gasteiger charge is -2.50. The molecule has 4 aliphatic rings. The quantitative estimate of drug-likeness (QED) is 0.112. The number of phenols is 1. The molecule has 0 radical (unpaired) electrons. The van der Waals surface area contributed by atoms with Gasteiger partial charge in [-0.05, 0) is 107 Å². The number of imide groups is 2. The first kappa shape index (κ1) is 38.5. The second-order valence-electron chi connectivity index (χ2n) is 14.0. The Kier molecular flexibility index (Phi) is 9.57. The van der Waals surface area contributed by atoms with Gasteiger partial charge in [0.2, 0.25) is 11.8 Å². The molecule has 0 bridgehead atoms. The molecule has 0 spiro atoms. The van der Waals surface area contributed by atoms with E-state index in [-0.39, 0.29) is 29.4 Å². The molecular weight excluding hydrogens is 911 g/mol. The van der Waals surface area contributed by atoms with E-state index in [9.17, 15) is 32.7 Å². The molecule has 2 aliphatic heterocycles. The maximum atomic E-state index is 15.4. The van der Waals surface area contributed by atoms with Crippen molar-refractivity contribution in [3.8, 4) is 11.5 Å². The van der Waals surface area contributed by atoms with Gasteiger partial charge in [-0.3, -0.25) is 29.5 Å². The second-order valence-corrected chi connectivity index (χ2v) is 16.5. The van der Waals surface area contributed by atoms with Crippen molar-refractivity contribution in [1.29, 1.82) is 0 Å². The third-order valence-corrected chi connectivity index (χ3v) is 12.8. The Morgan fingerprint density at radius 1 is 0.929 bits per heavy atom. The summed E-state index contributed by atoms with van der Waals surface area (Å²) in [6, 6.07) is 16.8. The number of aromatic nitrogens is 1. The van der Waals surface area contributed by atoms with Crippen LogP contribution >= 0.6 is 57.4 Å². The highest BCUT2D eigenvalue weighted by Gasteiger charge is 2.70. The summed E-state index contributed by atoms with van der Waals surface area (Å²) in [6.45, 7) is 0.